The number of anilines is 1. The van der Waals surface area contributed by atoms with E-state index in [2.05, 4.69) is 39.8 Å². The molecule has 2 aliphatic heterocycles. The van der Waals surface area contributed by atoms with Crippen LogP contribution in [-0.4, -0.2) is 22.5 Å². The number of thiophene rings is 1. The van der Waals surface area contributed by atoms with Crippen LogP contribution in [0, 0.1) is 0 Å². The second-order valence-corrected chi connectivity index (χ2v) is 8.37. The van der Waals surface area contributed by atoms with E-state index in [1.54, 1.807) is 23.5 Å². The van der Waals surface area contributed by atoms with Crippen LogP contribution in [-0.2, 0) is 19.5 Å². The quantitative estimate of drug-likeness (QED) is 0.634. The molecular formula is C22H21N3O2S. The Morgan fingerprint density at radius 3 is 2.68 bits per heavy atom. The molecule has 1 atom stereocenters. The number of hydrogen-bond acceptors (Lipinski definition) is 5. The number of para-hydroxylation sites is 1. The summed E-state index contributed by atoms with van der Waals surface area (Å²) in [6, 6.07) is 17.6. The lowest BCUT2D eigenvalue weighted by Crippen LogP contribution is -2.38. The van der Waals surface area contributed by atoms with E-state index >= 15 is 0 Å². The van der Waals surface area contributed by atoms with Gasteiger partial charge in [-0.3, -0.25) is 9.69 Å². The minimum absolute atomic E-state index is 0.0592. The molecule has 0 unspecified atom stereocenters. The van der Waals surface area contributed by atoms with Gasteiger partial charge in [-0.15, -0.1) is 11.3 Å². The molecule has 0 saturated heterocycles. The molecule has 2 aliphatic rings. The Labute approximate surface area is 167 Å². The Morgan fingerprint density at radius 1 is 1.07 bits per heavy atom. The Hall–Kier alpha value is -2.83. The lowest BCUT2D eigenvalue weighted by molar-refractivity contribution is 0.0934. The van der Waals surface area contributed by atoms with Gasteiger partial charge in [-0.25, -0.2) is 0 Å². The number of benzene rings is 2. The molecule has 3 heterocycles. The predicted molar refractivity (Wildman–Crippen MR) is 111 cm³/mol. The van der Waals surface area contributed by atoms with Gasteiger partial charge in [0.15, 0.2) is 0 Å². The lowest BCUT2D eigenvalue weighted by Gasteiger charge is -2.28. The van der Waals surface area contributed by atoms with Crippen molar-refractivity contribution in [3.63, 3.8) is 0 Å². The number of phenolic OH excluding ortho intramolecular Hbond substituents is 1. The standard InChI is InChI=1S/C22H21N3O2S/c26-17-9-5-4-8-15(17)20-23-21(27)19-16-10-11-25(12-14-6-2-1-3-7-14)13-18(16)28-22(19)24-20/h1-9,20,24,26H,10-13H2,(H,23,27)/t20-/m1/s1. The monoisotopic (exact) mass is 391 g/mol. The Kier molecular flexibility index (Phi) is 4.30. The van der Waals surface area contributed by atoms with Gasteiger partial charge in [-0.1, -0.05) is 48.5 Å². The van der Waals surface area contributed by atoms with E-state index in [4.69, 9.17) is 0 Å². The van der Waals surface area contributed by atoms with Crippen LogP contribution in [0.4, 0.5) is 5.00 Å². The number of aromatic hydroxyl groups is 1. The van der Waals surface area contributed by atoms with E-state index in [0.29, 0.717) is 5.56 Å². The van der Waals surface area contributed by atoms with Gasteiger partial charge < -0.3 is 15.7 Å². The summed E-state index contributed by atoms with van der Waals surface area (Å²) < 4.78 is 0. The molecule has 6 heteroatoms. The van der Waals surface area contributed by atoms with Crippen LogP contribution in [0.5, 0.6) is 5.75 Å². The van der Waals surface area contributed by atoms with Crippen molar-refractivity contribution in [1.29, 1.82) is 0 Å². The summed E-state index contributed by atoms with van der Waals surface area (Å²) in [7, 11) is 0. The van der Waals surface area contributed by atoms with Crippen molar-refractivity contribution < 1.29 is 9.90 Å². The number of amides is 1. The molecular weight excluding hydrogens is 370 g/mol. The molecule has 1 aromatic heterocycles. The third-order valence-electron chi connectivity index (χ3n) is 5.41. The smallest absolute Gasteiger partial charge is 0.256 e. The van der Waals surface area contributed by atoms with Crippen molar-refractivity contribution in [2.45, 2.75) is 25.7 Å². The molecule has 0 bridgehead atoms. The minimum atomic E-state index is -0.415. The van der Waals surface area contributed by atoms with Crippen molar-refractivity contribution in [3.8, 4) is 5.75 Å². The highest BCUT2D eigenvalue weighted by Crippen LogP contribution is 2.41. The molecule has 142 valence electrons. The van der Waals surface area contributed by atoms with Crippen molar-refractivity contribution >= 4 is 22.2 Å². The predicted octanol–water partition coefficient (Wildman–Crippen LogP) is 3.87. The maximum Gasteiger partial charge on any atom is 0.256 e. The molecule has 0 radical (unpaired) electrons. The van der Waals surface area contributed by atoms with Crippen LogP contribution in [0.1, 0.15) is 38.1 Å². The zero-order valence-electron chi connectivity index (χ0n) is 15.3. The topological polar surface area (TPSA) is 64.6 Å². The van der Waals surface area contributed by atoms with Crippen LogP contribution in [0.25, 0.3) is 0 Å². The number of carbonyl (C=O) groups is 1. The van der Waals surface area contributed by atoms with Gasteiger partial charge in [0.25, 0.3) is 5.91 Å². The number of phenols is 1. The summed E-state index contributed by atoms with van der Waals surface area (Å²) >= 11 is 1.66. The summed E-state index contributed by atoms with van der Waals surface area (Å²) in [6.45, 7) is 2.72. The zero-order chi connectivity index (χ0) is 19.1. The van der Waals surface area contributed by atoms with Gasteiger partial charge in [-0.2, -0.15) is 0 Å². The highest BCUT2D eigenvalue weighted by molar-refractivity contribution is 7.16. The fourth-order valence-electron chi connectivity index (χ4n) is 4.03. The average molecular weight is 391 g/mol. The van der Waals surface area contributed by atoms with Crippen LogP contribution in [0.2, 0.25) is 0 Å². The summed E-state index contributed by atoms with van der Waals surface area (Å²) in [5.74, 6) is 0.120. The Bertz CT molecular complexity index is 1030. The first-order chi connectivity index (χ1) is 13.7. The van der Waals surface area contributed by atoms with Crippen molar-refractivity contribution in [1.82, 2.24) is 10.2 Å². The SMILES string of the molecule is O=C1N[C@@H](c2ccccc2O)Nc2sc3c(c21)CCN(Cc1ccccc1)C3. The zero-order valence-corrected chi connectivity index (χ0v) is 16.1. The molecule has 2 aromatic carbocycles. The molecule has 3 N–H and O–H groups in total. The van der Waals surface area contributed by atoms with Gasteiger partial charge >= 0.3 is 0 Å². The van der Waals surface area contributed by atoms with E-state index in [1.165, 1.54) is 16.0 Å². The molecule has 0 fully saturated rings. The number of hydrogen-bond donors (Lipinski definition) is 3. The number of rotatable bonds is 3. The van der Waals surface area contributed by atoms with Crippen molar-refractivity contribution in [3.05, 3.63) is 81.7 Å². The number of nitrogens with one attached hydrogen (secondary N) is 2. The van der Waals surface area contributed by atoms with E-state index in [-0.39, 0.29) is 11.7 Å². The van der Waals surface area contributed by atoms with Crippen LogP contribution < -0.4 is 10.6 Å². The van der Waals surface area contributed by atoms with Gasteiger partial charge in [0.2, 0.25) is 0 Å². The maximum atomic E-state index is 12.8. The molecule has 28 heavy (non-hydrogen) atoms. The first kappa shape index (κ1) is 17.3. The second-order valence-electron chi connectivity index (χ2n) is 7.26. The molecule has 1 amide bonds. The summed E-state index contributed by atoms with van der Waals surface area (Å²) in [5, 5.41) is 17.5. The summed E-state index contributed by atoms with van der Waals surface area (Å²) in [6.07, 6.45) is 0.464. The summed E-state index contributed by atoms with van der Waals surface area (Å²) in [5.41, 5.74) is 3.94. The molecule has 0 aliphatic carbocycles. The molecule has 0 spiro atoms. The molecule has 5 nitrogen and oxygen atoms in total. The summed E-state index contributed by atoms with van der Waals surface area (Å²) in [4.78, 5) is 16.5. The van der Waals surface area contributed by atoms with E-state index in [0.717, 1.165) is 36.6 Å². The van der Waals surface area contributed by atoms with Crippen LogP contribution in [0.15, 0.2) is 54.6 Å². The second kappa shape index (κ2) is 6.96. The lowest BCUT2D eigenvalue weighted by atomic mass is 10.00. The third-order valence-corrected chi connectivity index (χ3v) is 6.56. The van der Waals surface area contributed by atoms with E-state index in [1.807, 2.05) is 18.2 Å². The van der Waals surface area contributed by atoms with Gasteiger partial charge in [0.05, 0.1) is 5.56 Å². The van der Waals surface area contributed by atoms with Crippen LogP contribution in [0.3, 0.4) is 0 Å². The number of fused-ring (bicyclic) bond motifs is 3. The highest BCUT2D eigenvalue weighted by atomic mass is 32.1. The first-order valence-corrected chi connectivity index (χ1v) is 10.3. The number of carbonyl (C=O) groups excluding carboxylic acids is 1. The largest absolute Gasteiger partial charge is 0.508 e. The molecule has 0 saturated carbocycles. The normalized spacial score (nSPS) is 18.7. The Morgan fingerprint density at radius 2 is 1.86 bits per heavy atom. The van der Waals surface area contributed by atoms with E-state index in [9.17, 15) is 9.90 Å². The van der Waals surface area contributed by atoms with Gasteiger partial charge in [-0.05, 0) is 23.6 Å². The maximum absolute atomic E-state index is 12.8. The number of nitrogens with zero attached hydrogens (tertiary/aromatic N) is 1. The van der Waals surface area contributed by atoms with Crippen molar-refractivity contribution in [2.75, 3.05) is 11.9 Å². The highest BCUT2D eigenvalue weighted by Gasteiger charge is 2.33. The Balaban J connectivity index is 1.40. The molecule has 5 rings (SSSR count). The van der Waals surface area contributed by atoms with Crippen molar-refractivity contribution in [2.24, 2.45) is 0 Å². The minimum Gasteiger partial charge on any atom is -0.508 e. The molecule has 3 aromatic rings. The van der Waals surface area contributed by atoms with Gasteiger partial charge in [0, 0.05) is 30.1 Å². The van der Waals surface area contributed by atoms with Gasteiger partial charge in [0.1, 0.15) is 16.9 Å². The first-order valence-electron chi connectivity index (χ1n) is 9.45. The fraction of sp³-hybridized carbons (Fsp3) is 0.227. The third kappa shape index (κ3) is 3.04. The average Bonchev–Trinajstić information content (AvgIpc) is 3.07. The fourth-order valence-corrected chi connectivity index (χ4v) is 5.35. The van der Waals surface area contributed by atoms with Crippen LogP contribution >= 0.6 is 11.3 Å². The van der Waals surface area contributed by atoms with E-state index < -0.39 is 6.17 Å².